The third-order valence-electron chi connectivity index (χ3n) is 7.26. The Kier molecular flexibility index (Phi) is 4.37. The monoisotopic (exact) mass is 374 g/mol. The van der Waals surface area contributed by atoms with E-state index < -0.39 is 0 Å². The fourth-order valence-corrected chi connectivity index (χ4v) is 7.30. The molecule has 4 heterocycles. The summed E-state index contributed by atoms with van der Waals surface area (Å²) in [6.45, 7) is 5.66. The molecule has 4 atom stereocenters. The normalized spacial score (nSPS) is 36.7. The van der Waals surface area contributed by atoms with Gasteiger partial charge < -0.3 is 10.1 Å². The molecule has 0 aromatic carbocycles. The van der Waals surface area contributed by atoms with Crippen LogP contribution in [-0.2, 0) is 16.1 Å². The van der Waals surface area contributed by atoms with Crippen molar-refractivity contribution >= 4 is 17.2 Å². The third-order valence-corrected chi connectivity index (χ3v) is 8.49. The summed E-state index contributed by atoms with van der Waals surface area (Å²) in [6, 6.07) is 4.74. The first kappa shape index (κ1) is 17.2. The number of nitrogens with one attached hydrogen (secondary N) is 1. The highest BCUT2D eigenvalue weighted by Gasteiger charge is 2.62. The lowest BCUT2D eigenvalue weighted by Gasteiger charge is -2.29. The first-order valence-corrected chi connectivity index (χ1v) is 11.2. The van der Waals surface area contributed by atoms with Gasteiger partial charge in [-0.1, -0.05) is 12.8 Å². The predicted molar refractivity (Wildman–Crippen MR) is 103 cm³/mol. The maximum absolute atomic E-state index is 11.4. The summed E-state index contributed by atoms with van der Waals surface area (Å²) >= 11 is 2.04. The number of carbonyl (C=O) groups excluding carboxylic acids is 1. The van der Waals surface area contributed by atoms with Gasteiger partial charge in [-0.25, -0.2) is 0 Å². The summed E-state index contributed by atoms with van der Waals surface area (Å²) in [4.78, 5) is 17.1. The third kappa shape index (κ3) is 2.92. The number of likely N-dealkylation sites (tertiary alicyclic amines) is 1. The maximum Gasteiger partial charge on any atom is 0.216 e. The van der Waals surface area contributed by atoms with Crippen LogP contribution in [0.25, 0.3) is 0 Å². The molecular formula is C21H30N2O2S. The second-order valence-corrected chi connectivity index (χ2v) is 10.1. The average molecular weight is 375 g/mol. The van der Waals surface area contributed by atoms with Gasteiger partial charge >= 0.3 is 0 Å². The number of amides is 1. The van der Waals surface area contributed by atoms with Gasteiger partial charge in [-0.15, -0.1) is 11.3 Å². The predicted octanol–water partition coefficient (Wildman–Crippen LogP) is 3.52. The minimum absolute atomic E-state index is 0.0688. The van der Waals surface area contributed by atoms with Crippen LogP contribution in [0.1, 0.15) is 61.1 Å². The van der Waals surface area contributed by atoms with E-state index in [9.17, 15) is 4.79 Å². The topological polar surface area (TPSA) is 41.6 Å². The van der Waals surface area contributed by atoms with Crippen molar-refractivity contribution in [3.8, 4) is 0 Å². The van der Waals surface area contributed by atoms with Gasteiger partial charge in [0.1, 0.15) is 0 Å². The number of nitrogens with zero attached hydrogens (tertiary/aromatic N) is 1. The Morgan fingerprint density at radius 2 is 2.19 bits per heavy atom. The molecule has 4 nitrogen and oxygen atoms in total. The minimum atomic E-state index is 0.0688. The minimum Gasteiger partial charge on any atom is -0.370 e. The van der Waals surface area contributed by atoms with Crippen LogP contribution in [0.15, 0.2) is 12.1 Å². The van der Waals surface area contributed by atoms with Crippen molar-refractivity contribution in [1.29, 1.82) is 0 Å². The lowest BCUT2D eigenvalue weighted by Crippen LogP contribution is -2.41. The molecule has 1 N–H and O–H groups in total. The first-order chi connectivity index (χ1) is 12.6. The number of fused-ring (bicyclic) bond motifs is 1. The zero-order valence-electron chi connectivity index (χ0n) is 15.7. The molecule has 4 aliphatic rings. The van der Waals surface area contributed by atoms with Gasteiger partial charge in [-0.3, -0.25) is 9.69 Å². The highest BCUT2D eigenvalue weighted by Crippen LogP contribution is 2.55. The first-order valence-electron chi connectivity index (χ1n) is 10.4. The number of hydrogen-bond donors (Lipinski definition) is 1. The summed E-state index contributed by atoms with van der Waals surface area (Å²) in [6.07, 6.45) is 8.31. The van der Waals surface area contributed by atoms with Crippen molar-refractivity contribution in [1.82, 2.24) is 10.2 Å². The van der Waals surface area contributed by atoms with Crippen molar-refractivity contribution in [2.45, 2.75) is 69.6 Å². The van der Waals surface area contributed by atoms with Gasteiger partial charge in [0.2, 0.25) is 5.91 Å². The van der Waals surface area contributed by atoms with Gasteiger partial charge in [0.15, 0.2) is 0 Å². The summed E-state index contributed by atoms with van der Waals surface area (Å²) < 4.78 is 6.49. The van der Waals surface area contributed by atoms with Gasteiger partial charge in [0, 0.05) is 54.7 Å². The highest BCUT2D eigenvalue weighted by molar-refractivity contribution is 7.12. The van der Waals surface area contributed by atoms with E-state index in [4.69, 9.17) is 4.74 Å². The van der Waals surface area contributed by atoms with Crippen LogP contribution in [0.2, 0.25) is 0 Å². The molecule has 3 aliphatic heterocycles. The molecule has 1 aromatic heterocycles. The summed E-state index contributed by atoms with van der Waals surface area (Å²) in [5, 5.41) is 3.05. The zero-order chi connectivity index (χ0) is 17.7. The van der Waals surface area contributed by atoms with Crippen molar-refractivity contribution in [3.05, 3.63) is 21.9 Å². The van der Waals surface area contributed by atoms with Gasteiger partial charge in [0.25, 0.3) is 0 Å². The Hall–Kier alpha value is -0.910. The average Bonchev–Trinajstić information content (AvgIpc) is 3.38. The molecule has 1 aliphatic carbocycles. The highest BCUT2D eigenvalue weighted by atomic mass is 32.1. The molecule has 5 rings (SSSR count). The van der Waals surface area contributed by atoms with Crippen molar-refractivity contribution in [2.24, 2.45) is 11.8 Å². The molecule has 1 amide bonds. The zero-order valence-corrected chi connectivity index (χ0v) is 16.5. The largest absolute Gasteiger partial charge is 0.370 e. The fourth-order valence-electron chi connectivity index (χ4n) is 6.07. The molecule has 1 aromatic rings. The Labute approximate surface area is 160 Å². The number of ether oxygens (including phenoxy) is 1. The fraction of sp³-hybridized carbons (Fsp3) is 0.762. The maximum atomic E-state index is 11.4. The van der Waals surface area contributed by atoms with E-state index in [1.165, 1.54) is 43.4 Å². The SMILES string of the molecule is CC(=O)NC[C@H]1[C@H]2CN(Cc3ccc(C4CCCC4)s3)C[C@]23CC[C@H]1O3. The van der Waals surface area contributed by atoms with Gasteiger partial charge in [-0.05, 0) is 43.7 Å². The quantitative estimate of drug-likeness (QED) is 0.857. The van der Waals surface area contributed by atoms with Crippen LogP contribution in [0.5, 0.6) is 0 Å². The van der Waals surface area contributed by atoms with E-state index in [1.54, 1.807) is 11.8 Å². The number of carbonyl (C=O) groups is 1. The van der Waals surface area contributed by atoms with Gasteiger partial charge in [0.05, 0.1) is 11.7 Å². The van der Waals surface area contributed by atoms with Crippen molar-refractivity contribution in [3.63, 3.8) is 0 Å². The summed E-state index contributed by atoms with van der Waals surface area (Å²) in [5.74, 6) is 1.98. The standard InChI is InChI=1S/C21H30N2O2S/c1-14(24)22-10-17-18-12-23(13-21(18)9-8-19(17)25-21)11-16-6-7-20(26-16)15-4-2-3-5-15/h6-7,15,17-19H,2-5,8-13H2,1H3,(H,22,24)/t17-,18+,19+,21+/m0/s1. The van der Waals surface area contributed by atoms with Crippen LogP contribution in [0.4, 0.5) is 0 Å². The van der Waals surface area contributed by atoms with Crippen LogP contribution in [-0.4, -0.2) is 42.1 Å². The van der Waals surface area contributed by atoms with E-state index in [0.717, 1.165) is 32.1 Å². The van der Waals surface area contributed by atoms with E-state index in [0.29, 0.717) is 17.9 Å². The van der Waals surface area contributed by atoms with E-state index in [-0.39, 0.29) is 11.5 Å². The molecule has 3 saturated heterocycles. The van der Waals surface area contributed by atoms with E-state index in [2.05, 4.69) is 22.3 Å². The molecule has 26 heavy (non-hydrogen) atoms. The van der Waals surface area contributed by atoms with Crippen LogP contribution in [0.3, 0.4) is 0 Å². The Morgan fingerprint density at radius 1 is 1.35 bits per heavy atom. The second-order valence-electron chi connectivity index (χ2n) is 8.92. The Balaban J connectivity index is 1.24. The van der Waals surface area contributed by atoms with Crippen LogP contribution < -0.4 is 5.32 Å². The molecule has 5 heteroatoms. The Bertz CT molecular complexity index is 683. The Morgan fingerprint density at radius 3 is 3.00 bits per heavy atom. The van der Waals surface area contributed by atoms with Gasteiger partial charge in [-0.2, -0.15) is 0 Å². The molecule has 0 unspecified atom stereocenters. The lowest BCUT2D eigenvalue weighted by molar-refractivity contribution is -0.119. The van der Waals surface area contributed by atoms with Crippen molar-refractivity contribution in [2.75, 3.05) is 19.6 Å². The molecule has 1 spiro atoms. The summed E-state index contributed by atoms with van der Waals surface area (Å²) in [7, 11) is 0. The number of thiophene rings is 1. The molecule has 4 fully saturated rings. The van der Waals surface area contributed by atoms with E-state index in [1.807, 2.05) is 11.3 Å². The molecule has 0 radical (unpaired) electrons. The lowest BCUT2D eigenvalue weighted by atomic mass is 9.73. The smallest absolute Gasteiger partial charge is 0.216 e. The summed E-state index contributed by atoms with van der Waals surface area (Å²) in [5.41, 5.74) is 0.0688. The van der Waals surface area contributed by atoms with Crippen LogP contribution >= 0.6 is 11.3 Å². The molecular weight excluding hydrogens is 344 g/mol. The molecule has 142 valence electrons. The number of rotatable bonds is 5. The number of hydrogen-bond acceptors (Lipinski definition) is 4. The van der Waals surface area contributed by atoms with E-state index >= 15 is 0 Å². The second kappa shape index (κ2) is 6.61. The molecule has 1 saturated carbocycles. The molecule has 2 bridgehead atoms. The van der Waals surface area contributed by atoms with Crippen LogP contribution in [0, 0.1) is 11.8 Å². The van der Waals surface area contributed by atoms with Crippen molar-refractivity contribution < 1.29 is 9.53 Å².